The molecule has 4 nitrogen and oxygen atoms in total. The summed E-state index contributed by atoms with van der Waals surface area (Å²) in [6, 6.07) is 1.92. The van der Waals surface area contributed by atoms with Crippen LogP contribution in [0.4, 0.5) is 5.00 Å². The molecule has 1 aromatic heterocycles. The molecule has 0 saturated carbocycles. The van der Waals surface area contributed by atoms with E-state index in [9.17, 15) is 4.79 Å². The predicted octanol–water partition coefficient (Wildman–Crippen LogP) is 1.45. The molecule has 1 aliphatic rings. The monoisotopic (exact) mass is 304 g/mol. The van der Waals surface area contributed by atoms with Gasteiger partial charge in [0, 0.05) is 23.4 Å². The number of nitrogens with two attached hydrogens (primary N) is 1. The zero-order valence-corrected chi connectivity index (χ0v) is 11.3. The van der Waals surface area contributed by atoms with E-state index in [2.05, 4.69) is 15.9 Å². The van der Waals surface area contributed by atoms with Gasteiger partial charge in [-0.2, -0.15) is 0 Å². The Hall–Kier alpha value is -0.430. The second-order valence-electron chi connectivity index (χ2n) is 3.94. The van der Waals surface area contributed by atoms with Gasteiger partial charge in [-0.05, 0) is 22.0 Å². The molecule has 1 amide bonds. The van der Waals surface area contributed by atoms with Gasteiger partial charge in [0.25, 0.3) is 0 Å². The van der Waals surface area contributed by atoms with Crippen LogP contribution in [0.5, 0.6) is 0 Å². The highest BCUT2D eigenvalue weighted by atomic mass is 79.9. The number of carbonyl (C=O) groups is 1. The SMILES string of the molecule is CN(C(=O)C1(CN)COC1)c1cc(Br)cs1. The van der Waals surface area contributed by atoms with Gasteiger partial charge in [0.05, 0.1) is 18.2 Å². The number of carbonyl (C=O) groups excluding carboxylic acids is 1. The van der Waals surface area contributed by atoms with E-state index < -0.39 is 5.41 Å². The molecule has 0 aromatic carbocycles. The Morgan fingerprint density at radius 1 is 1.75 bits per heavy atom. The van der Waals surface area contributed by atoms with Crippen LogP contribution in [-0.4, -0.2) is 32.7 Å². The van der Waals surface area contributed by atoms with E-state index in [1.54, 1.807) is 11.9 Å². The minimum atomic E-state index is -0.509. The minimum Gasteiger partial charge on any atom is -0.379 e. The summed E-state index contributed by atoms with van der Waals surface area (Å²) < 4.78 is 6.09. The first-order valence-corrected chi connectivity index (χ1v) is 6.56. The molecule has 0 spiro atoms. The molecule has 6 heteroatoms. The largest absolute Gasteiger partial charge is 0.379 e. The van der Waals surface area contributed by atoms with Crippen molar-refractivity contribution >= 4 is 38.2 Å². The Morgan fingerprint density at radius 2 is 2.44 bits per heavy atom. The van der Waals surface area contributed by atoms with E-state index in [1.807, 2.05) is 11.4 Å². The Labute approximate surface area is 106 Å². The molecule has 88 valence electrons. The highest BCUT2D eigenvalue weighted by Gasteiger charge is 2.46. The Bertz CT molecular complexity index is 398. The number of nitrogens with zero attached hydrogens (tertiary/aromatic N) is 1. The van der Waals surface area contributed by atoms with E-state index in [4.69, 9.17) is 10.5 Å². The summed E-state index contributed by atoms with van der Waals surface area (Å²) in [5.74, 6) is 0.0376. The molecule has 0 unspecified atom stereocenters. The van der Waals surface area contributed by atoms with E-state index in [0.29, 0.717) is 19.8 Å². The average Bonchev–Trinajstić information content (AvgIpc) is 2.63. The van der Waals surface area contributed by atoms with Crippen LogP contribution in [0.2, 0.25) is 0 Å². The first-order chi connectivity index (χ1) is 7.59. The lowest BCUT2D eigenvalue weighted by Gasteiger charge is -2.40. The standard InChI is InChI=1S/C10H13BrN2O2S/c1-13(8-2-7(11)3-16-8)9(14)10(4-12)5-15-6-10/h2-3H,4-6,12H2,1H3. The summed E-state index contributed by atoms with van der Waals surface area (Å²) in [5, 5.41) is 2.86. The molecule has 16 heavy (non-hydrogen) atoms. The number of ether oxygens (including phenoxy) is 1. The number of halogens is 1. The van der Waals surface area contributed by atoms with Gasteiger partial charge in [-0.15, -0.1) is 11.3 Å². The molecule has 1 fully saturated rings. The van der Waals surface area contributed by atoms with Crippen LogP contribution in [-0.2, 0) is 9.53 Å². The molecule has 2 rings (SSSR count). The van der Waals surface area contributed by atoms with Crippen LogP contribution in [0, 0.1) is 5.41 Å². The van der Waals surface area contributed by atoms with Gasteiger partial charge in [0.1, 0.15) is 5.41 Å². The third-order valence-electron chi connectivity index (χ3n) is 2.79. The van der Waals surface area contributed by atoms with Crippen molar-refractivity contribution in [2.75, 3.05) is 31.7 Å². The van der Waals surface area contributed by atoms with Crippen LogP contribution >= 0.6 is 27.3 Å². The topological polar surface area (TPSA) is 55.6 Å². The quantitative estimate of drug-likeness (QED) is 0.919. The van der Waals surface area contributed by atoms with Crippen molar-refractivity contribution in [2.45, 2.75) is 0 Å². The lowest BCUT2D eigenvalue weighted by Crippen LogP contribution is -2.58. The highest BCUT2D eigenvalue weighted by Crippen LogP contribution is 2.33. The second-order valence-corrected chi connectivity index (χ2v) is 5.75. The molecule has 2 N–H and O–H groups in total. The highest BCUT2D eigenvalue weighted by molar-refractivity contribution is 9.10. The Kier molecular flexibility index (Phi) is 3.34. The number of rotatable bonds is 3. The zero-order valence-electron chi connectivity index (χ0n) is 8.90. The fourth-order valence-corrected chi connectivity index (χ4v) is 3.00. The lowest BCUT2D eigenvalue weighted by atomic mass is 9.84. The Morgan fingerprint density at radius 3 is 2.81 bits per heavy atom. The molecule has 0 atom stereocenters. The van der Waals surface area contributed by atoms with Crippen molar-refractivity contribution in [1.82, 2.24) is 0 Å². The fourth-order valence-electron chi connectivity index (χ4n) is 1.61. The molecule has 1 aliphatic heterocycles. The number of anilines is 1. The van der Waals surface area contributed by atoms with Gasteiger partial charge in [-0.1, -0.05) is 0 Å². The number of hydrogen-bond donors (Lipinski definition) is 1. The van der Waals surface area contributed by atoms with E-state index in [-0.39, 0.29) is 5.91 Å². The average molecular weight is 305 g/mol. The van der Waals surface area contributed by atoms with Crippen LogP contribution < -0.4 is 10.6 Å². The van der Waals surface area contributed by atoms with Gasteiger partial charge in [-0.25, -0.2) is 0 Å². The van der Waals surface area contributed by atoms with Crippen molar-refractivity contribution in [3.05, 3.63) is 15.9 Å². The molecule has 1 aromatic rings. The molecular weight excluding hydrogens is 292 g/mol. The van der Waals surface area contributed by atoms with Crippen molar-refractivity contribution in [3.63, 3.8) is 0 Å². The third-order valence-corrected chi connectivity index (χ3v) is 4.56. The van der Waals surface area contributed by atoms with Crippen molar-refractivity contribution in [1.29, 1.82) is 0 Å². The maximum absolute atomic E-state index is 12.2. The molecule has 0 aliphatic carbocycles. The van der Waals surface area contributed by atoms with E-state index in [0.717, 1.165) is 9.47 Å². The van der Waals surface area contributed by atoms with Gasteiger partial charge >= 0.3 is 0 Å². The smallest absolute Gasteiger partial charge is 0.239 e. The van der Waals surface area contributed by atoms with Gasteiger partial charge in [0.2, 0.25) is 5.91 Å². The zero-order chi connectivity index (χ0) is 11.8. The minimum absolute atomic E-state index is 0.0376. The van der Waals surface area contributed by atoms with Crippen molar-refractivity contribution in [2.24, 2.45) is 11.1 Å². The lowest BCUT2D eigenvalue weighted by molar-refractivity contribution is -0.156. The van der Waals surface area contributed by atoms with Crippen LogP contribution in [0.3, 0.4) is 0 Å². The van der Waals surface area contributed by atoms with E-state index >= 15 is 0 Å². The maximum Gasteiger partial charge on any atom is 0.239 e. The molecular formula is C10H13BrN2O2S. The summed E-state index contributed by atoms with van der Waals surface area (Å²) in [6.07, 6.45) is 0. The van der Waals surface area contributed by atoms with Crippen molar-refractivity contribution < 1.29 is 9.53 Å². The maximum atomic E-state index is 12.2. The van der Waals surface area contributed by atoms with Gasteiger partial charge in [0.15, 0.2) is 0 Å². The van der Waals surface area contributed by atoms with Crippen molar-refractivity contribution in [3.8, 4) is 0 Å². The summed E-state index contributed by atoms with van der Waals surface area (Å²) in [7, 11) is 1.77. The van der Waals surface area contributed by atoms with Gasteiger partial charge in [-0.3, -0.25) is 4.79 Å². The molecule has 0 radical (unpaired) electrons. The fraction of sp³-hybridized carbons (Fsp3) is 0.500. The molecule has 1 saturated heterocycles. The third kappa shape index (κ3) is 1.90. The number of hydrogen-bond acceptors (Lipinski definition) is 4. The van der Waals surface area contributed by atoms with Gasteiger partial charge < -0.3 is 15.4 Å². The molecule has 2 heterocycles. The Balaban J connectivity index is 2.15. The second kappa shape index (κ2) is 4.44. The summed E-state index contributed by atoms with van der Waals surface area (Å²) >= 11 is 4.89. The molecule has 0 bridgehead atoms. The first kappa shape index (κ1) is 12.0. The predicted molar refractivity (Wildman–Crippen MR) is 67.7 cm³/mol. The van der Waals surface area contributed by atoms with E-state index in [1.165, 1.54) is 11.3 Å². The number of thiophene rings is 1. The summed E-state index contributed by atoms with van der Waals surface area (Å²) in [5.41, 5.74) is 5.15. The van der Waals surface area contributed by atoms with Crippen LogP contribution in [0.1, 0.15) is 0 Å². The normalized spacial score (nSPS) is 17.9. The number of amides is 1. The van der Waals surface area contributed by atoms with Crippen LogP contribution in [0.15, 0.2) is 15.9 Å². The van der Waals surface area contributed by atoms with Crippen LogP contribution in [0.25, 0.3) is 0 Å². The summed E-state index contributed by atoms with van der Waals surface area (Å²) in [6.45, 7) is 1.20. The first-order valence-electron chi connectivity index (χ1n) is 4.89. The summed E-state index contributed by atoms with van der Waals surface area (Å²) in [4.78, 5) is 13.9.